The summed E-state index contributed by atoms with van der Waals surface area (Å²) in [5.41, 5.74) is 0.865. The van der Waals surface area contributed by atoms with Crippen LogP contribution in [0.4, 0.5) is 0 Å². The number of benzene rings is 1. The zero-order chi connectivity index (χ0) is 9.03. The van der Waals surface area contributed by atoms with Crippen LogP contribution in [0.1, 0.15) is 6.99 Å². The second-order valence-corrected chi connectivity index (χ2v) is 4.96. The molecule has 0 aliphatic heterocycles. The molecule has 0 spiro atoms. The molecule has 0 aliphatic rings. The van der Waals surface area contributed by atoms with Gasteiger partial charge in [-0.1, -0.05) is 30.3 Å². The third-order valence-corrected chi connectivity index (χ3v) is 2.05. The van der Waals surface area contributed by atoms with Crippen LogP contribution < -0.4 is 29.6 Å². The van der Waals surface area contributed by atoms with Gasteiger partial charge < -0.3 is 5.98 Å². The Bertz CT molecular complexity index is 376. The van der Waals surface area contributed by atoms with Crippen molar-refractivity contribution in [3.05, 3.63) is 41.3 Å². The molecule has 0 aromatic heterocycles. The Morgan fingerprint density at radius 1 is 1.38 bits per heavy atom. The van der Waals surface area contributed by atoms with Crippen LogP contribution in [0.2, 0.25) is 0 Å². The molecule has 0 aliphatic carbocycles. The molecule has 1 aromatic rings. The van der Waals surface area contributed by atoms with Crippen LogP contribution in [-0.2, 0) is 20.0 Å². The second-order valence-electron chi connectivity index (χ2n) is 2.23. The average Bonchev–Trinajstić information content (AvgIpc) is 2.02. The maximum Gasteiger partial charge on any atom is 1.00 e. The maximum atomic E-state index is 10.6. The molecule has 1 unspecified atom stereocenters. The first kappa shape index (κ1) is 13.3. The predicted molar refractivity (Wildman–Crippen MR) is 54.7 cm³/mol. The summed E-state index contributed by atoms with van der Waals surface area (Å²) < 4.78 is 19.4. The molecule has 0 saturated heterocycles. The van der Waals surface area contributed by atoms with E-state index in [-0.39, 0.29) is 31.0 Å². The van der Waals surface area contributed by atoms with Crippen LogP contribution in [-0.4, -0.2) is 8.76 Å². The van der Waals surface area contributed by atoms with Crippen molar-refractivity contribution < 1.29 is 39.7 Å². The summed E-state index contributed by atoms with van der Waals surface area (Å²) in [7, 11) is -3.17. The molecule has 2 nitrogen and oxygen atoms in total. The van der Waals surface area contributed by atoms with Crippen molar-refractivity contribution in [3.63, 3.8) is 0 Å². The van der Waals surface area contributed by atoms with Crippen LogP contribution in [0, 0.1) is 0 Å². The molecule has 0 heterocycles. The van der Waals surface area contributed by atoms with Gasteiger partial charge in [0.05, 0.1) is 0 Å². The summed E-state index contributed by atoms with van der Waals surface area (Å²) >= 11 is 4.28. The van der Waals surface area contributed by atoms with Crippen LogP contribution in [0.15, 0.2) is 35.7 Å². The Morgan fingerprint density at radius 2 is 1.92 bits per heavy atom. The number of rotatable bonds is 2. The molecule has 0 fully saturated rings. The summed E-state index contributed by atoms with van der Waals surface area (Å²) in [6, 6.07) is 9.24. The predicted octanol–water partition coefficient (Wildman–Crippen LogP) is -1.01. The molecular weight excluding hydrogens is 215 g/mol. The van der Waals surface area contributed by atoms with Gasteiger partial charge in [0.2, 0.25) is 0 Å². The Morgan fingerprint density at radius 3 is 2.38 bits per heavy atom. The minimum Gasteiger partial charge on any atom is -1.00 e. The van der Waals surface area contributed by atoms with E-state index in [0.717, 1.165) is 11.0 Å². The molecule has 1 rings (SSSR count). The van der Waals surface area contributed by atoms with Crippen LogP contribution in [0.3, 0.4) is 0 Å². The van der Waals surface area contributed by atoms with Crippen molar-refractivity contribution in [3.8, 4) is 0 Å². The van der Waals surface area contributed by atoms with E-state index in [1.165, 1.54) is 6.08 Å². The SMILES string of the molecule is O=S(O)(=S)C=Cc1ccccc1.[H-].[Na+]. The van der Waals surface area contributed by atoms with Crippen LogP contribution in [0.25, 0.3) is 6.08 Å². The van der Waals surface area contributed by atoms with Crippen molar-refractivity contribution in [2.24, 2.45) is 0 Å². The molecule has 0 bridgehead atoms. The second kappa shape index (κ2) is 5.90. The summed E-state index contributed by atoms with van der Waals surface area (Å²) in [6.07, 6.45) is 1.54. The van der Waals surface area contributed by atoms with Crippen molar-refractivity contribution in [1.29, 1.82) is 0 Å². The molecular formula is C8H9NaO2S2. The first-order valence-corrected chi connectivity index (χ1v) is 5.79. The number of hydrogen-bond donors (Lipinski definition) is 1. The van der Waals surface area contributed by atoms with Gasteiger partial charge in [-0.2, -0.15) is 0 Å². The van der Waals surface area contributed by atoms with Crippen LogP contribution in [0.5, 0.6) is 0 Å². The normalized spacial score (nSPS) is 14.8. The monoisotopic (exact) mass is 224 g/mol. The first-order chi connectivity index (χ1) is 5.58. The number of hydrogen-bond acceptors (Lipinski definition) is 2. The zero-order valence-electron chi connectivity index (χ0n) is 8.21. The quantitative estimate of drug-likeness (QED) is 0.654. The Balaban J connectivity index is 0. The Kier molecular flexibility index (Phi) is 6.04. The van der Waals surface area contributed by atoms with Gasteiger partial charge in [-0.15, -0.1) is 0 Å². The largest absolute Gasteiger partial charge is 1.00 e. The Labute approximate surface area is 106 Å². The van der Waals surface area contributed by atoms with Gasteiger partial charge in [0.15, 0.2) is 8.77 Å². The minimum atomic E-state index is -3.17. The van der Waals surface area contributed by atoms with Gasteiger partial charge in [0.25, 0.3) is 0 Å². The van der Waals surface area contributed by atoms with E-state index in [1.807, 2.05) is 30.3 Å². The fourth-order valence-corrected chi connectivity index (χ4v) is 1.22. The summed E-state index contributed by atoms with van der Waals surface area (Å²) in [5.74, 6) is 0. The van der Waals surface area contributed by atoms with Crippen molar-refractivity contribution in [2.45, 2.75) is 0 Å². The third kappa shape index (κ3) is 6.37. The molecule has 0 amide bonds. The standard InChI is InChI=1S/C8H8O2S2.Na.H/c9-12(10,11)7-6-8-4-2-1-3-5-8;;/h1-7H,(H,9,10,11);;/q;+1;-1. The summed E-state index contributed by atoms with van der Waals surface area (Å²) in [5, 5.41) is 1.12. The van der Waals surface area contributed by atoms with E-state index in [2.05, 4.69) is 11.2 Å². The van der Waals surface area contributed by atoms with Gasteiger partial charge in [0.1, 0.15) is 0 Å². The average molecular weight is 224 g/mol. The van der Waals surface area contributed by atoms with Gasteiger partial charge in [-0.25, -0.2) is 4.21 Å². The fraction of sp³-hybridized carbons (Fsp3) is 0. The fourth-order valence-electron chi connectivity index (χ4n) is 0.729. The van der Waals surface area contributed by atoms with E-state index < -0.39 is 8.77 Å². The van der Waals surface area contributed by atoms with Crippen molar-refractivity contribution >= 4 is 26.0 Å². The van der Waals surface area contributed by atoms with E-state index >= 15 is 0 Å². The first-order valence-electron chi connectivity index (χ1n) is 3.28. The zero-order valence-corrected chi connectivity index (χ0v) is 10.8. The topological polar surface area (TPSA) is 37.3 Å². The third-order valence-electron chi connectivity index (χ3n) is 1.23. The molecule has 66 valence electrons. The molecule has 0 radical (unpaired) electrons. The molecule has 13 heavy (non-hydrogen) atoms. The molecule has 1 N–H and O–H groups in total. The van der Waals surface area contributed by atoms with Gasteiger partial charge >= 0.3 is 29.6 Å². The smallest absolute Gasteiger partial charge is 1.00 e. The van der Waals surface area contributed by atoms with Crippen molar-refractivity contribution in [1.82, 2.24) is 0 Å². The van der Waals surface area contributed by atoms with E-state index in [9.17, 15) is 4.21 Å². The van der Waals surface area contributed by atoms with Gasteiger partial charge in [-0.3, -0.25) is 0 Å². The van der Waals surface area contributed by atoms with E-state index in [0.29, 0.717) is 0 Å². The minimum absolute atomic E-state index is 0. The molecule has 0 saturated carbocycles. The Hall–Kier alpha value is 0.290. The van der Waals surface area contributed by atoms with Gasteiger partial charge in [-0.05, 0) is 11.6 Å². The van der Waals surface area contributed by atoms with Crippen LogP contribution >= 0.6 is 0 Å². The van der Waals surface area contributed by atoms with Gasteiger partial charge in [0, 0.05) is 16.6 Å². The molecule has 5 heteroatoms. The summed E-state index contributed by atoms with van der Waals surface area (Å²) in [6.45, 7) is 0. The maximum absolute atomic E-state index is 10.6. The molecule has 1 atom stereocenters. The van der Waals surface area contributed by atoms with Crippen molar-refractivity contribution in [2.75, 3.05) is 0 Å². The molecule has 1 aromatic carbocycles. The van der Waals surface area contributed by atoms with E-state index in [1.54, 1.807) is 0 Å². The van der Waals surface area contributed by atoms with E-state index in [4.69, 9.17) is 4.55 Å². The summed E-state index contributed by atoms with van der Waals surface area (Å²) in [4.78, 5) is 0.